The van der Waals surface area contributed by atoms with E-state index in [1.165, 1.54) is 6.07 Å². The van der Waals surface area contributed by atoms with E-state index < -0.39 is 0 Å². The van der Waals surface area contributed by atoms with Crippen LogP contribution < -0.4 is 0 Å². The zero-order chi connectivity index (χ0) is 7.68. The lowest BCUT2D eigenvalue weighted by molar-refractivity contribution is 0.627. The summed E-state index contributed by atoms with van der Waals surface area (Å²) in [7, 11) is 0. The van der Waals surface area contributed by atoms with Crippen molar-refractivity contribution < 1.29 is 4.39 Å². The minimum absolute atomic E-state index is 0.342. The van der Waals surface area contributed by atoms with Gasteiger partial charge in [0.1, 0.15) is 5.82 Å². The van der Waals surface area contributed by atoms with Crippen LogP contribution in [0.25, 0.3) is 10.8 Å². The first-order valence-corrected chi connectivity index (χ1v) is 3.27. The molecule has 1 aromatic heterocycles. The third kappa shape index (κ3) is 1.07. The molecule has 0 aliphatic rings. The quantitative estimate of drug-likeness (QED) is 0.555. The second kappa shape index (κ2) is 2.31. The van der Waals surface area contributed by atoms with E-state index in [0.29, 0.717) is 0 Å². The third-order valence-corrected chi connectivity index (χ3v) is 1.53. The van der Waals surface area contributed by atoms with Crippen LogP contribution >= 0.6 is 0 Å². The number of fused-ring (bicyclic) bond motifs is 1. The normalized spacial score (nSPS) is 10.3. The van der Waals surface area contributed by atoms with Crippen LogP contribution in [0.15, 0.2) is 30.6 Å². The zero-order valence-corrected chi connectivity index (χ0v) is 5.71. The lowest BCUT2D eigenvalue weighted by Crippen LogP contribution is -1.77. The van der Waals surface area contributed by atoms with Crippen molar-refractivity contribution in [1.29, 1.82) is 0 Å². The van der Waals surface area contributed by atoms with Crippen molar-refractivity contribution in [2.24, 2.45) is 0 Å². The number of hydrogen-bond acceptors (Lipinski definition) is 1. The highest BCUT2D eigenvalue weighted by Gasteiger charge is 1.93. The van der Waals surface area contributed by atoms with E-state index in [1.807, 2.05) is 6.07 Å². The molecular weight excluding hydrogens is 141 g/mol. The molecule has 0 atom stereocenters. The van der Waals surface area contributed by atoms with E-state index in [1.54, 1.807) is 18.5 Å². The Hall–Kier alpha value is -1.44. The fourth-order valence-electron chi connectivity index (χ4n) is 0.994. The highest BCUT2D eigenvalue weighted by Crippen LogP contribution is 2.12. The molecule has 1 nitrogen and oxygen atoms in total. The maximum absolute atomic E-state index is 12.6. The largest absolute Gasteiger partial charge is 0.264 e. The molecule has 1 aromatic carbocycles. The fraction of sp³-hybridized carbons (Fsp3) is 0. The molecule has 0 N–H and O–H groups in total. The van der Waals surface area contributed by atoms with E-state index in [4.69, 9.17) is 0 Å². The van der Waals surface area contributed by atoms with Crippen molar-refractivity contribution in [3.8, 4) is 0 Å². The molecule has 0 saturated heterocycles. The van der Waals surface area contributed by atoms with Crippen molar-refractivity contribution in [3.05, 3.63) is 42.5 Å². The van der Waals surface area contributed by atoms with Crippen molar-refractivity contribution in [1.82, 2.24) is 4.98 Å². The highest BCUT2D eigenvalue weighted by atomic mass is 19.1. The molecule has 0 spiro atoms. The summed E-state index contributed by atoms with van der Waals surface area (Å²) in [5.41, 5.74) is 0. The Kier molecular flexibility index (Phi) is 1.32. The van der Waals surface area contributed by atoms with Gasteiger partial charge in [-0.15, -0.1) is 0 Å². The minimum atomic E-state index is -0.342. The van der Waals surface area contributed by atoms with Crippen molar-refractivity contribution in [2.45, 2.75) is 0 Å². The lowest BCUT2D eigenvalue weighted by atomic mass is 10.2. The summed E-state index contributed by atoms with van der Waals surface area (Å²) in [5, 5.41) is 1.77. The first-order valence-electron chi connectivity index (χ1n) is 3.27. The molecule has 2 heteroatoms. The number of benzene rings is 1. The van der Waals surface area contributed by atoms with Gasteiger partial charge in [-0.3, -0.25) is 4.98 Å². The van der Waals surface area contributed by atoms with Gasteiger partial charge in [0.15, 0.2) is 0 Å². The molecule has 0 bridgehead atoms. The van der Waals surface area contributed by atoms with Crippen molar-refractivity contribution in [2.75, 3.05) is 0 Å². The van der Waals surface area contributed by atoms with Gasteiger partial charge in [-0.1, -0.05) is 0 Å². The van der Waals surface area contributed by atoms with Crippen LogP contribution in [0, 0.1) is 11.9 Å². The summed E-state index contributed by atoms with van der Waals surface area (Å²) < 4.78 is 12.6. The molecule has 2 aromatic rings. The van der Waals surface area contributed by atoms with E-state index in [-0.39, 0.29) is 5.82 Å². The maximum Gasteiger partial charge on any atom is 0.131 e. The summed E-state index contributed by atoms with van der Waals surface area (Å²) in [6, 6.07) is 7.34. The molecule has 0 aliphatic heterocycles. The predicted molar refractivity (Wildman–Crippen MR) is 40.5 cm³/mol. The molecule has 1 radical (unpaired) electrons. The van der Waals surface area contributed by atoms with Gasteiger partial charge in [-0.05, 0) is 23.6 Å². The molecule has 2 rings (SSSR count). The van der Waals surface area contributed by atoms with Crippen LogP contribution in [-0.2, 0) is 0 Å². The predicted octanol–water partition coefficient (Wildman–Crippen LogP) is 2.17. The Morgan fingerprint density at radius 3 is 3.18 bits per heavy atom. The van der Waals surface area contributed by atoms with E-state index in [2.05, 4.69) is 11.1 Å². The van der Waals surface area contributed by atoms with Gasteiger partial charge >= 0.3 is 0 Å². The molecular formula is C9H5FN. The Morgan fingerprint density at radius 2 is 2.27 bits per heavy atom. The molecule has 11 heavy (non-hydrogen) atoms. The molecule has 0 saturated carbocycles. The second-order valence-corrected chi connectivity index (χ2v) is 2.29. The van der Waals surface area contributed by atoms with Crippen LogP contribution in [0.2, 0.25) is 0 Å². The van der Waals surface area contributed by atoms with Gasteiger partial charge in [0.2, 0.25) is 0 Å². The standard InChI is InChI=1S/C9H5FN/c10-9-2-1-7-3-4-11-6-8(7)5-9/h1,3-6H. The zero-order valence-electron chi connectivity index (χ0n) is 5.71. The smallest absolute Gasteiger partial charge is 0.131 e. The topological polar surface area (TPSA) is 12.9 Å². The van der Waals surface area contributed by atoms with Gasteiger partial charge in [0.05, 0.1) is 0 Å². The summed E-state index contributed by atoms with van der Waals surface area (Å²) in [6.07, 6.45) is 3.31. The lowest BCUT2D eigenvalue weighted by Gasteiger charge is -1.93. The summed E-state index contributed by atoms with van der Waals surface area (Å²) in [4.78, 5) is 3.87. The summed E-state index contributed by atoms with van der Waals surface area (Å²) in [6.45, 7) is 0. The average Bonchev–Trinajstić information content (AvgIpc) is 2.04. The van der Waals surface area contributed by atoms with Gasteiger partial charge in [-0.2, -0.15) is 0 Å². The van der Waals surface area contributed by atoms with Gasteiger partial charge in [-0.25, -0.2) is 4.39 Å². The third-order valence-electron chi connectivity index (χ3n) is 1.53. The van der Waals surface area contributed by atoms with Crippen LogP contribution in [0.3, 0.4) is 0 Å². The number of halogens is 1. The maximum atomic E-state index is 12.6. The Morgan fingerprint density at radius 1 is 1.36 bits per heavy atom. The van der Waals surface area contributed by atoms with Crippen LogP contribution in [0.4, 0.5) is 4.39 Å². The van der Waals surface area contributed by atoms with Gasteiger partial charge < -0.3 is 0 Å². The first kappa shape index (κ1) is 6.28. The minimum Gasteiger partial charge on any atom is -0.264 e. The number of hydrogen-bond donors (Lipinski definition) is 0. The van der Waals surface area contributed by atoms with Crippen molar-refractivity contribution in [3.63, 3.8) is 0 Å². The molecule has 53 valence electrons. The monoisotopic (exact) mass is 146 g/mol. The molecule has 0 aliphatic carbocycles. The Labute approximate surface area is 63.5 Å². The highest BCUT2D eigenvalue weighted by molar-refractivity contribution is 5.80. The molecule has 0 fully saturated rings. The number of pyridine rings is 1. The number of rotatable bonds is 0. The molecule has 1 heterocycles. The van der Waals surface area contributed by atoms with Gasteiger partial charge in [0, 0.05) is 23.8 Å². The Balaban J connectivity index is 2.83. The fourth-order valence-corrected chi connectivity index (χ4v) is 0.994. The van der Waals surface area contributed by atoms with E-state index in [0.717, 1.165) is 10.8 Å². The van der Waals surface area contributed by atoms with Crippen LogP contribution in [0.5, 0.6) is 0 Å². The first-order chi connectivity index (χ1) is 5.36. The van der Waals surface area contributed by atoms with Gasteiger partial charge in [0.25, 0.3) is 0 Å². The van der Waals surface area contributed by atoms with Crippen LogP contribution in [0.1, 0.15) is 0 Å². The Bertz CT molecular complexity index is 384. The number of nitrogens with zero attached hydrogens (tertiary/aromatic N) is 1. The SMILES string of the molecule is Fc1[c]cc2ccncc2c1. The van der Waals surface area contributed by atoms with E-state index in [9.17, 15) is 4.39 Å². The average molecular weight is 146 g/mol. The summed E-state index contributed by atoms with van der Waals surface area (Å²) in [5.74, 6) is -0.342. The molecule has 0 amide bonds. The second-order valence-electron chi connectivity index (χ2n) is 2.29. The molecule has 0 unspecified atom stereocenters. The summed E-state index contributed by atoms with van der Waals surface area (Å²) >= 11 is 0. The van der Waals surface area contributed by atoms with Crippen LogP contribution in [-0.4, -0.2) is 4.98 Å². The van der Waals surface area contributed by atoms with E-state index >= 15 is 0 Å². The number of aromatic nitrogens is 1. The van der Waals surface area contributed by atoms with Crippen molar-refractivity contribution >= 4 is 10.8 Å².